The van der Waals surface area contributed by atoms with E-state index in [0.717, 1.165) is 6.42 Å². The zero-order valence-electron chi connectivity index (χ0n) is 10.4. The fraction of sp³-hybridized carbons (Fsp3) is 0.250. The summed E-state index contributed by atoms with van der Waals surface area (Å²) in [5.41, 5.74) is 3.80. The first kappa shape index (κ1) is 11.7. The predicted molar refractivity (Wildman–Crippen MR) is 72.1 cm³/mol. The van der Waals surface area contributed by atoms with Crippen LogP contribution < -0.4 is 0 Å². The Kier molecular flexibility index (Phi) is 3.48. The molecular formula is C16H18O. The van der Waals surface area contributed by atoms with E-state index in [2.05, 4.69) is 38.1 Å². The summed E-state index contributed by atoms with van der Waals surface area (Å²) >= 11 is 0. The summed E-state index contributed by atoms with van der Waals surface area (Å²) in [5, 5.41) is 9.32. The Balaban J connectivity index is 2.40. The predicted octanol–water partition coefficient (Wildman–Crippen LogP) is 4.26. The average Bonchev–Trinajstić information content (AvgIpc) is 2.30. The van der Waals surface area contributed by atoms with E-state index in [9.17, 15) is 5.11 Å². The van der Waals surface area contributed by atoms with Crippen molar-refractivity contribution in [3.63, 3.8) is 0 Å². The molecule has 1 N–H and O–H groups in total. The second-order valence-electron chi connectivity index (χ2n) is 4.80. The standard InChI is InChI=1S/C16H18O/c1-12(2)11-14-5-3-4-6-16(14)13-7-9-15(17)10-8-13/h3-10,12,17H,11H2,1-2H3. The summed E-state index contributed by atoms with van der Waals surface area (Å²) in [6.45, 7) is 4.46. The van der Waals surface area contributed by atoms with Crippen LogP contribution in [0.15, 0.2) is 48.5 Å². The maximum Gasteiger partial charge on any atom is 0.115 e. The van der Waals surface area contributed by atoms with Crippen molar-refractivity contribution in [1.29, 1.82) is 0 Å². The molecule has 0 aliphatic heterocycles. The highest BCUT2D eigenvalue weighted by molar-refractivity contribution is 5.67. The number of hydrogen-bond donors (Lipinski definition) is 1. The first-order valence-corrected chi connectivity index (χ1v) is 6.04. The number of benzene rings is 2. The molecule has 2 aromatic carbocycles. The maximum atomic E-state index is 9.32. The third-order valence-corrected chi connectivity index (χ3v) is 2.82. The van der Waals surface area contributed by atoms with E-state index in [1.54, 1.807) is 12.1 Å². The Morgan fingerprint density at radius 3 is 2.24 bits per heavy atom. The lowest BCUT2D eigenvalue weighted by Gasteiger charge is -2.11. The molecule has 0 fully saturated rings. The molecule has 0 spiro atoms. The summed E-state index contributed by atoms with van der Waals surface area (Å²) < 4.78 is 0. The minimum absolute atomic E-state index is 0.315. The van der Waals surface area contributed by atoms with Gasteiger partial charge in [0.25, 0.3) is 0 Å². The second kappa shape index (κ2) is 5.05. The molecule has 2 aromatic rings. The molecule has 0 unspecified atom stereocenters. The minimum Gasteiger partial charge on any atom is -0.508 e. The molecule has 0 radical (unpaired) electrons. The van der Waals surface area contributed by atoms with Gasteiger partial charge in [0, 0.05) is 0 Å². The van der Waals surface area contributed by atoms with Gasteiger partial charge in [0.2, 0.25) is 0 Å². The van der Waals surface area contributed by atoms with Crippen LogP contribution in [0.25, 0.3) is 11.1 Å². The van der Waals surface area contributed by atoms with E-state index in [1.165, 1.54) is 16.7 Å². The quantitative estimate of drug-likeness (QED) is 0.829. The van der Waals surface area contributed by atoms with Gasteiger partial charge >= 0.3 is 0 Å². The summed E-state index contributed by atoms with van der Waals surface area (Å²) in [6.07, 6.45) is 1.08. The Morgan fingerprint density at radius 1 is 0.941 bits per heavy atom. The second-order valence-corrected chi connectivity index (χ2v) is 4.80. The molecule has 0 amide bonds. The molecular weight excluding hydrogens is 208 g/mol. The van der Waals surface area contributed by atoms with Gasteiger partial charge in [-0.15, -0.1) is 0 Å². The fourth-order valence-corrected chi connectivity index (χ4v) is 2.06. The van der Waals surface area contributed by atoms with Crippen molar-refractivity contribution < 1.29 is 5.11 Å². The highest BCUT2D eigenvalue weighted by Gasteiger charge is 2.06. The fourth-order valence-electron chi connectivity index (χ4n) is 2.06. The largest absolute Gasteiger partial charge is 0.508 e. The van der Waals surface area contributed by atoms with Gasteiger partial charge in [-0.25, -0.2) is 0 Å². The molecule has 0 bridgehead atoms. The number of rotatable bonds is 3. The van der Waals surface area contributed by atoms with E-state index in [0.29, 0.717) is 11.7 Å². The van der Waals surface area contributed by atoms with Crippen LogP contribution in [0.1, 0.15) is 19.4 Å². The molecule has 0 saturated carbocycles. The topological polar surface area (TPSA) is 20.2 Å². The van der Waals surface area contributed by atoms with Crippen LogP contribution in [0.2, 0.25) is 0 Å². The van der Waals surface area contributed by atoms with Crippen LogP contribution in [-0.4, -0.2) is 5.11 Å². The first-order chi connectivity index (χ1) is 8.16. The van der Waals surface area contributed by atoms with Gasteiger partial charge in [-0.05, 0) is 41.2 Å². The molecule has 0 aliphatic carbocycles. The van der Waals surface area contributed by atoms with Gasteiger partial charge in [0.05, 0.1) is 0 Å². The lowest BCUT2D eigenvalue weighted by molar-refractivity contribution is 0.475. The summed E-state index contributed by atoms with van der Waals surface area (Å²) in [5.74, 6) is 0.961. The molecule has 1 heteroatoms. The van der Waals surface area contributed by atoms with Gasteiger partial charge in [-0.2, -0.15) is 0 Å². The van der Waals surface area contributed by atoms with E-state index in [4.69, 9.17) is 0 Å². The number of phenols is 1. The van der Waals surface area contributed by atoms with E-state index < -0.39 is 0 Å². The molecule has 0 heterocycles. The third-order valence-electron chi connectivity index (χ3n) is 2.82. The summed E-state index contributed by atoms with van der Waals surface area (Å²) in [7, 11) is 0. The average molecular weight is 226 g/mol. The van der Waals surface area contributed by atoms with Crippen LogP contribution >= 0.6 is 0 Å². The number of phenolic OH excluding ortho intramolecular Hbond substituents is 1. The van der Waals surface area contributed by atoms with Crippen molar-refractivity contribution in [1.82, 2.24) is 0 Å². The molecule has 1 nitrogen and oxygen atoms in total. The lowest BCUT2D eigenvalue weighted by atomic mass is 9.94. The van der Waals surface area contributed by atoms with Crippen LogP contribution in [-0.2, 0) is 6.42 Å². The third kappa shape index (κ3) is 2.88. The highest BCUT2D eigenvalue weighted by Crippen LogP contribution is 2.26. The zero-order chi connectivity index (χ0) is 12.3. The highest BCUT2D eigenvalue weighted by atomic mass is 16.3. The van der Waals surface area contributed by atoms with Gasteiger partial charge in [-0.3, -0.25) is 0 Å². The van der Waals surface area contributed by atoms with Crippen molar-refractivity contribution >= 4 is 0 Å². The zero-order valence-corrected chi connectivity index (χ0v) is 10.4. The lowest BCUT2D eigenvalue weighted by Crippen LogP contribution is -1.96. The number of hydrogen-bond acceptors (Lipinski definition) is 1. The minimum atomic E-state index is 0.315. The Hall–Kier alpha value is -1.76. The molecule has 2 rings (SSSR count). The van der Waals surface area contributed by atoms with Crippen LogP contribution in [0.3, 0.4) is 0 Å². The normalized spacial score (nSPS) is 10.8. The Bertz CT molecular complexity index is 483. The van der Waals surface area contributed by atoms with Crippen LogP contribution in [0.5, 0.6) is 5.75 Å². The monoisotopic (exact) mass is 226 g/mol. The van der Waals surface area contributed by atoms with Crippen LogP contribution in [0, 0.1) is 5.92 Å². The Labute approximate surface area is 103 Å². The molecule has 0 aliphatic rings. The van der Waals surface area contributed by atoms with Gasteiger partial charge < -0.3 is 5.11 Å². The first-order valence-electron chi connectivity index (χ1n) is 6.04. The van der Waals surface area contributed by atoms with Crippen LogP contribution in [0.4, 0.5) is 0 Å². The SMILES string of the molecule is CC(C)Cc1ccccc1-c1ccc(O)cc1. The summed E-state index contributed by atoms with van der Waals surface area (Å²) in [6, 6.07) is 15.9. The van der Waals surface area contributed by atoms with Gasteiger partial charge in [0.15, 0.2) is 0 Å². The molecule has 0 saturated heterocycles. The van der Waals surface area contributed by atoms with E-state index in [1.807, 2.05) is 12.1 Å². The van der Waals surface area contributed by atoms with Gasteiger partial charge in [-0.1, -0.05) is 50.2 Å². The van der Waals surface area contributed by atoms with E-state index >= 15 is 0 Å². The van der Waals surface area contributed by atoms with Crippen molar-refractivity contribution in [3.05, 3.63) is 54.1 Å². The smallest absolute Gasteiger partial charge is 0.115 e. The summed E-state index contributed by atoms with van der Waals surface area (Å²) in [4.78, 5) is 0. The van der Waals surface area contributed by atoms with Crippen molar-refractivity contribution in [2.24, 2.45) is 5.92 Å². The maximum absolute atomic E-state index is 9.32. The molecule has 0 atom stereocenters. The molecule has 88 valence electrons. The molecule has 0 aromatic heterocycles. The van der Waals surface area contributed by atoms with Crippen molar-refractivity contribution in [2.75, 3.05) is 0 Å². The molecule has 17 heavy (non-hydrogen) atoms. The van der Waals surface area contributed by atoms with Crippen molar-refractivity contribution in [3.8, 4) is 16.9 Å². The van der Waals surface area contributed by atoms with Crippen molar-refractivity contribution in [2.45, 2.75) is 20.3 Å². The number of aromatic hydroxyl groups is 1. The van der Waals surface area contributed by atoms with Gasteiger partial charge in [0.1, 0.15) is 5.75 Å². The van der Waals surface area contributed by atoms with E-state index in [-0.39, 0.29) is 0 Å². The Morgan fingerprint density at radius 2 is 1.59 bits per heavy atom.